The Balaban J connectivity index is 2.71. The quantitative estimate of drug-likeness (QED) is 0.219. The number of hydrogen-bond donors (Lipinski definition) is 0. The standard InChI is InChI=1S/C12H3I6/c13-7-3-1-5(9(15)11(7)17)6-2-4-8(14)12(18)10(6)16/h1-3H. The van der Waals surface area contributed by atoms with Gasteiger partial charge >= 0.3 is 0 Å². The number of benzene rings is 2. The van der Waals surface area contributed by atoms with Gasteiger partial charge in [0, 0.05) is 21.4 Å². The van der Waals surface area contributed by atoms with Crippen molar-refractivity contribution >= 4 is 136 Å². The SMILES string of the molecule is Ic1[c]cc(-c2ccc(I)c(I)c2I)c(I)c1I. The fourth-order valence-electron chi connectivity index (χ4n) is 1.41. The van der Waals surface area contributed by atoms with Crippen LogP contribution in [-0.4, -0.2) is 0 Å². The molecule has 93 valence electrons. The predicted molar refractivity (Wildman–Crippen MR) is 127 cm³/mol. The first-order valence-electron chi connectivity index (χ1n) is 4.62. The van der Waals surface area contributed by atoms with Crippen molar-refractivity contribution in [3.05, 3.63) is 45.7 Å². The van der Waals surface area contributed by atoms with E-state index in [4.69, 9.17) is 0 Å². The van der Waals surface area contributed by atoms with Crippen LogP contribution in [0, 0.1) is 27.5 Å². The minimum absolute atomic E-state index is 1.19. The summed E-state index contributed by atoms with van der Waals surface area (Å²) in [6, 6.07) is 9.83. The maximum absolute atomic E-state index is 3.34. The molecule has 0 aliphatic rings. The summed E-state index contributed by atoms with van der Waals surface area (Å²) in [7, 11) is 0. The highest BCUT2D eigenvalue weighted by molar-refractivity contribution is 14.1. The summed E-state index contributed by atoms with van der Waals surface area (Å²) in [5.74, 6) is 0. The maximum Gasteiger partial charge on any atom is 0.0410 e. The zero-order chi connectivity index (χ0) is 13.4. The average Bonchev–Trinajstić information content (AvgIpc) is 2.35. The zero-order valence-corrected chi connectivity index (χ0v) is 21.4. The first kappa shape index (κ1) is 17.2. The minimum Gasteiger partial charge on any atom is -0.0522 e. The van der Waals surface area contributed by atoms with Crippen molar-refractivity contribution in [1.82, 2.24) is 0 Å². The van der Waals surface area contributed by atoms with Gasteiger partial charge in [0.2, 0.25) is 0 Å². The highest BCUT2D eigenvalue weighted by Gasteiger charge is 2.14. The van der Waals surface area contributed by atoms with E-state index in [1.54, 1.807) is 0 Å². The normalized spacial score (nSPS) is 10.8. The van der Waals surface area contributed by atoms with Crippen LogP contribution in [0.25, 0.3) is 11.1 Å². The molecular weight excluding hydrogens is 906 g/mol. The van der Waals surface area contributed by atoms with Crippen LogP contribution in [0.1, 0.15) is 0 Å². The molecule has 2 aromatic rings. The molecule has 2 aromatic carbocycles. The molecule has 0 atom stereocenters. The van der Waals surface area contributed by atoms with Crippen LogP contribution in [0.4, 0.5) is 0 Å². The van der Waals surface area contributed by atoms with Gasteiger partial charge in [-0.1, -0.05) is 6.07 Å². The smallest absolute Gasteiger partial charge is 0.0410 e. The largest absolute Gasteiger partial charge is 0.0522 e. The summed E-state index contributed by atoms with van der Waals surface area (Å²) in [5, 5.41) is 0. The van der Waals surface area contributed by atoms with Crippen LogP contribution >= 0.6 is 136 Å². The summed E-state index contributed by atoms with van der Waals surface area (Å²) in [4.78, 5) is 0. The second-order valence-electron chi connectivity index (χ2n) is 3.37. The Kier molecular flexibility index (Phi) is 7.05. The predicted octanol–water partition coefficient (Wildman–Crippen LogP) is 6.78. The molecule has 0 spiro atoms. The van der Waals surface area contributed by atoms with Crippen molar-refractivity contribution in [2.75, 3.05) is 0 Å². The Morgan fingerprint density at radius 3 is 1.94 bits per heavy atom. The van der Waals surface area contributed by atoms with Crippen LogP contribution in [0.5, 0.6) is 0 Å². The van der Waals surface area contributed by atoms with Crippen LogP contribution in [0.15, 0.2) is 18.2 Å². The molecule has 18 heavy (non-hydrogen) atoms. The molecule has 0 fully saturated rings. The van der Waals surface area contributed by atoms with Gasteiger partial charge in [0.25, 0.3) is 0 Å². The van der Waals surface area contributed by atoms with Crippen LogP contribution in [0.3, 0.4) is 0 Å². The molecule has 0 amide bonds. The van der Waals surface area contributed by atoms with Gasteiger partial charge in [-0.05, 0) is 165 Å². The Bertz CT molecular complexity index is 565. The molecule has 0 saturated carbocycles. The molecule has 0 unspecified atom stereocenters. The van der Waals surface area contributed by atoms with E-state index < -0.39 is 0 Å². The molecule has 0 nitrogen and oxygen atoms in total. The van der Waals surface area contributed by atoms with Crippen molar-refractivity contribution in [2.45, 2.75) is 0 Å². The van der Waals surface area contributed by atoms with Gasteiger partial charge in [-0.2, -0.15) is 0 Å². The van der Waals surface area contributed by atoms with Crippen molar-refractivity contribution in [3.8, 4) is 11.1 Å². The lowest BCUT2D eigenvalue weighted by Gasteiger charge is -2.12. The van der Waals surface area contributed by atoms with Crippen molar-refractivity contribution in [1.29, 1.82) is 0 Å². The first-order chi connectivity index (χ1) is 8.43. The molecule has 0 heterocycles. The van der Waals surface area contributed by atoms with Crippen molar-refractivity contribution in [3.63, 3.8) is 0 Å². The molecule has 2 rings (SSSR count). The molecule has 0 saturated heterocycles. The van der Waals surface area contributed by atoms with E-state index in [0.29, 0.717) is 0 Å². The highest BCUT2D eigenvalue weighted by atomic mass is 127. The van der Waals surface area contributed by atoms with Gasteiger partial charge in [-0.3, -0.25) is 0 Å². The van der Waals surface area contributed by atoms with Gasteiger partial charge in [0.1, 0.15) is 0 Å². The van der Waals surface area contributed by atoms with Gasteiger partial charge < -0.3 is 0 Å². The Morgan fingerprint density at radius 2 is 1.28 bits per heavy atom. The number of halogens is 6. The fraction of sp³-hybridized carbons (Fsp3) is 0. The summed E-state index contributed by atoms with van der Waals surface area (Å²) in [5.41, 5.74) is 2.58. The molecule has 0 bridgehead atoms. The van der Waals surface area contributed by atoms with E-state index in [-0.39, 0.29) is 0 Å². The Labute approximate surface area is 188 Å². The zero-order valence-electron chi connectivity index (χ0n) is 8.50. The average molecular weight is 909 g/mol. The third-order valence-electron chi connectivity index (χ3n) is 2.29. The van der Waals surface area contributed by atoms with E-state index in [9.17, 15) is 0 Å². The van der Waals surface area contributed by atoms with Crippen molar-refractivity contribution < 1.29 is 0 Å². The molecule has 6 heteroatoms. The monoisotopic (exact) mass is 908 g/mol. The molecule has 0 N–H and O–H groups in total. The van der Waals surface area contributed by atoms with E-state index in [2.05, 4.69) is 160 Å². The van der Waals surface area contributed by atoms with E-state index in [1.165, 1.54) is 32.5 Å². The molecular formula is C12H3I6. The summed E-state index contributed by atoms with van der Waals surface area (Å²) in [6.07, 6.45) is 0. The minimum atomic E-state index is 1.19. The summed E-state index contributed by atoms with van der Waals surface area (Å²) >= 11 is 14.4. The van der Waals surface area contributed by atoms with E-state index in [0.717, 1.165) is 0 Å². The van der Waals surface area contributed by atoms with E-state index >= 15 is 0 Å². The maximum atomic E-state index is 3.34. The Morgan fingerprint density at radius 1 is 0.667 bits per heavy atom. The van der Waals surface area contributed by atoms with Gasteiger partial charge in [0.15, 0.2) is 0 Å². The highest BCUT2D eigenvalue weighted by Crippen LogP contribution is 2.36. The fourth-order valence-corrected chi connectivity index (χ4v) is 5.71. The lowest BCUT2D eigenvalue weighted by atomic mass is 10.1. The second kappa shape index (κ2) is 7.39. The van der Waals surface area contributed by atoms with Crippen molar-refractivity contribution in [2.24, 2.45) is 0 Å². The van der Waals surface area contributed by atoms with Crippen LogP contribution < -0.4 is 0 Å². The topological polar surface area (TPSA) is 0 Å². The summed E-state index contributed by atoms with van der Waals surface area (Å²) in [6.45, 7) is 0. The van der Waals surface area contributed by atoms with Crippen LogP contribution in [0.2, 0.25) is 0 Å². The van der Waals surface area contributed by atoms with Gasteiger partial charge in [0.05, 0.1) is 0 Å². The molecule has 0 aromatic heterocycles. The van der Waals surface area contributed by atoms with Gasteiger partial charge in [-0.15, -0.1) is 0 Å². The molecule has 0 aliphatic heterocycles. The van der Waals surface area contributed by atoms with Gasteiger partial charge in [-0.25, -0.2) is 0 Å². The van der Waals surface area contributed by atoms with E-state index in [1.807, 2.05) is 0 Å². The lowest BCUT2D eigenvalue weighted by Crippen LogP contribution is -1.95. The molecule has 1 radical (unpaired) electrons. The Hall–Kier alpha value is 2.82. The number of rotatable bonds is 1. The number of hydrogen-bond acceptors (Lipinski definition) is 0. The molecule has 0 aliphatic carbocycles. The third-order valence-corrected chi connectivity index (χ3v) is 12.6. The third kappa shape index (κ3) is 3.59. The summed E-state index contributed by atoms with van der Waals surface area (Å²) < 4.78 is 7.75. The van der Waals surface area contributed by atoms with Crippen LogP contribution in [-0.2, 0) is 0 Å². The second-order valence-corrected chi connectivity index (χ2v) is 9.92. The first-order valence-corrected chi connectivity index (χ1v) is 11.1. The lowest BCUT2D eigenvalue weighted by molar-refractivity contribution is 1.45.